The summed E-state index contributed by atoms with van der Waals surface area (Å²) in [6.07, 6.45) is 0. The molecule has 0 fully saturated rings. The molecule has 0 aromatic heterocycles. The summed E-state index contributed by atoms with van der Waals surface area (Å²) in [7, 11) is 21.5. The Morgan fingerprint density at radius 3 is 1.23 bits per heavy atom. The van der Waals surface area contributed by atoms with Crippen LogP contribution >= 0.6 is 44.6 Å². The molecule has 0 radical (unpaired) electrons. The van der Waals surface area contributed by atoms with Crippen molar-refractivity contribution in [3.05, 3.63) is 91.0 Å². The summed E-state index contributed by atoms with van der Waals surface area (Å²) in [5, 5.41) is 3.40. The number of halogens is 4. The quantitative estimate of drug-likeness (QED) is 0.276. The molecule has 0 saturated heterocycles. The number of hydrogen-bond donors (Lipinski definition) is 1. The fourth-order valence-electron chi connectivity index (χ4n) is 2.87. The first-order valence-corrected chi connectivity index (χ1v) is 21.4. The zero-order chi connectivity index (χ0) is 21.3. The average molecular weight is 688 g/mol. The van der Waals surface area contributed by atoms with Gasteiger partial charge in [0, 0.05) is 5.80 Å². The molecule has 0 heterocycles. The van der Waals surface area contributed by atoms with E-state index in [1.165, 1.54) is 7.11 Å². The Labute approximate surface area is 196 Å². The van der Waals surface area contributed by atoms with Gasteiger partial charge in [0.2, 0.25) is 0 Å². The molecule has 0 saturated carbocycles. The predicted octanol–water partition coefficient (Wildman–Crippen LogP) is 5.87. The number of benzene rings is 3. The molecule has 0 amide bonds. The van der Waals surface area contributed by atoms with Gasteiger partial charge in [0.05, 0.1) is 7.11 Å². The maximum absolute atomic E-state index is 12.3. The summed E-state index contributed by atoms with van der Waals surface area (Å²) in [5.41, 5.74) is 0. The Morgan fingerprint density at radius 2 is 1.00 bits per heavy atom. The molecule has 0 aliphatic heterocycles. The zero-order valence-electron chi connectivity index (χ0n) is 16.0. The number of methoxy groups -OCH3 is 1. The van der Waals surface area contributed by atoms with E-state index in [1.54, 1.807) is 5.80 Å². The zero-order valence-corrected chi connectivity index (χ0v) is 22.2. The number of ether oxygens (including phenoxy) is 1. The molecule has 0 unspecified atom stereocenters. The Kier molecular flexibility index (Phi) is 11.8. The molecular formula is C21H22Cl4NO2PPt. The summed E-state index contributed by atoms with van der Waals surface area (Å²) >= 11 is -3.06. The molecule has 0 aliphatic carbocycles. The van der Waals surface area contributed by atoms with E-state index in [2.05, 4.69) is 36.4 Å². The van der Waals surface area contributed by atoms with Crippen LogP contribution in [-0.2, 0) is 21.4 Å². The fourth-order valence-corrected chi connectivity index (χ4v) is 6.56. The van der Waals surface area contributed by atoms with Crippen LogP contribution in [0, 0.1) is 0 Å². The normalized spacial score (nSPS) is 11.2. The van der Waals surface area contributed by atoms with Crippen molar-refractivity contribution in [3.63, 3.8) is 0 Å². The molecule has 3 aromatic rings. The summed E-state index contributed by atoms with van der Waals surface area (Å²) in [6.45, 7) is -2.23. The van der Waals surface area contributed by atoms with E-state index in [-0.39, 0.29) is 12.1 Å². The van der Waals surface area contributed by atoms with E-state index in [1.807, 2.05) is 54.6 Å². The van der Waals surface area contributed by atoms with Crippen molar-refractivity contribution in [1.29, 1.82) is 0 Å². The average Bonchev–Trinajstić information content (AvgIpc) is 2.72. The van der Waals surface area contributed by atoms with Crippen LogP contribution in [0.5, 0.6) is 0 Å². The second-order valence-electron chi connectivity index (χ2n) is 5.65. The van der Waals surface area contributed by atoms with Gasteiger partial charge in [-0.25, -0.2) is 4.79 Å². The van der Waals surface area contributed by atoms with Gasteiger partial charge in [-0.1, -0.05) is 91.0 Å². The molecule has 166 valence electrons. The van der Waals surface area contributed by atoms with Crippen LogP contribution < -0.4 is 22.1 Å². The van der Waals surface area contributed by atoms with Crippen molar-refractivity contribution >= 4 is 72.2 Å². The molecule has 0 bridgehead atoms. The first kappa shape index (κ1) is 27.3. The van der Waals surface area contributed by atoms with Crippen molar-refractivity contribution in [2.75, 3.05) is 7.11 Å². The number of rotatable bonds is 4. The van der Waals surface area contributed by atoms with Crippen LogP contribution in [0.1, 0.15) is 0 Å². The van der Waals surface area contributed by atoms with Crippen LogP contribution in [0.3, 0.4) is 0 Å². The molecule has 30 heavy (non-hydrogen) atoms. The van der Waals surface area contributed by atoms with Gasteiger partial charge < -0.3 is 10.9 Å². The Hall–Kier alpha value is -0.762. The first-order valence-electron chi connectivity index (χ1n) is 8.24. The van der Waals surface area contributed by atoms with Gasteiger partial charge in [0.25, 0.3) is 0 Å². The standard InChI is InChI=1S/C21H19O2P.4ClH.H3N.Pt/c1-23-21(22)17-24(18-11-5-2-6-12-18,19-13-7-3-8-14-19)20-15-9-4-10-16-20;;;;;;/h2-17H,1H3;4*1H;1H3;/q;;;;;;+4/p-4. The molecule has 0 spiro atoms. The molecule has 0 atom stereocenters. The van der Waals surface area contributed by atoms with Crippen LogP contribution in [0.25, 0.3) is 0 Å². The van der Waals surface area contributed by atoms with Crippen LogP contribution in [0.4, 0.5) is 0 Å². The van der Waals surface area contributed by atoms with Crippen LogP contribution in [0.2, 0.25) is 0 Å². The van der Waals surface area contributed by atoms with Gasteiger partial charge in [-0.2, -0.15) is 0 Å². The molecule has 3 aromatic carbocycles. The molecule has 3 nitrogen and oxygen atoms in total. The van der Waals surface area contributed by atoms with Gasteiger partial charge in [0.1, 0.15) is 0 Å². The van der Waals surface area contributed by atoms with E-state index >= 15 is 0 Å². The van der Waals surface area contributed by atoms with Gasteiger partial charge in [-0.3, -0.25) is 0 Å². The summed E-state index contributed by atoms with van der Waals surface area (Å²) in [5.74, 6) is 1.47. The van der Waals surface area contributed by atoms with E-state index in [9.17, 15) is 4.79 Å². The SMILES string of the molecule is COC(=O)C=P(c1ccccc1)(c1ccccc1)c1ccccc1.N.[Cl][Pt]([Cl])([Cl])[Cl]. The molecule has 9 heteroatoms. The van der Waals surface area contributed by atoms with Crippen molar-refractivity contribution < 1.29 is 21.4 Å². The second-order valence-corrected chi connectivity index (χ2v) is 28.6. The van der Waals surface area contributed by atoms with Crippen LogP contribution in [0.15, 0.2) is 91.0 Å². The maximum atomic E-state index is 12.3. The summed E-state index contributed by atoms with van der Waals surface area (Å²) < 4.78 is 5.00. The second kappa shape index (κ2) is 12.9. The third-order valence-corrected chi connectivity index (χ3v) is 7.93. The minimum absolute atomic E-state index is 0. The monoisotopic (exact) mass is 686 g/mol. The van der Waals surface area contributed by atoms with E-state index in [4.69, 9.17) is 42.4 Å². The number of carbonyl (C=O) groups excluding carboxylic acids is 1. The van der Waals surface area contributed by atoms with Gasteiger partial charge in [-0.15, -0.1) is 0 Å². The van der Waals surface area contributed by atoms with Crippen molar-refractivity contribution in [1.82, 2.24) is 6.15 Å². The Bertz CT molecular complexity index is 859. The van der Waals surface area contributed by atoms with Crippen molar-refractivity contribution in [2.45, 2.75) is 0 Å². The van der Waals surface area contributed by atoms with E-state index in [0.29, 0.717) is 0 Å². The van der Waals surface area contributed by atoms with Gasteiger partial charge >= 0.3 is 55.5 Å². The molecule has 0 aliphatic rings. The predicted molar refractivity (Wildman–Crippen MR) is 132 cm³/mol. The van der Waals surface area contributed by atoms with Crippen molar-refractivity contribution in [3.8, 4) is 0 Å². The number of esters is 1. The molecular weight excluding hydrogens is 666 g/mol. The first-order chi connectivity index (χ1) is 13.8. The van der Waals surface area contributed by atoms with Gasteiger partial charge in [-0.05, 0) is 22.8 Å². The summed E-state index contributed by atoms with van der Waals surface area (Å²) in [4.78, 5) is 12.3. The van der Waals surface area contributed by atoms with Crippen molar-refractivity contribution in [2.24, 2.45) is 0 Å². The van der Waals surface area contributed by atoms with Crippen LogP contribution in [-0.4, -0.2) is 18.9 Å². The third kappa shape index (κ3) is 8.06. The Morgan fingerprint density at radius 1 is 0.733 bits per heavy atom. The Balaban J connectivity index is 0.000000674. The minimum atomic E-state index is -3.06. The van der Waals surface area contributed by atoms with E-state index < -0.39 is 18.8 Å². The van der Waals surface area contributed by atoms with E-state index in [0.717, 1.165) is 15.9 Å². The molecule has 3 rings (SSSR count). The third-order valence-electron chi connectivity index (χ3n) is 3.99. The fraction of sp³-hybridized carbons (Fsp3) is 0.0476. The number of hydrogen-bond acceptors (Lipinski definition) is 3. The molecule has 3 N–H and O–H groups in total. The number of carbonyl (C=O) groups is 1. The topological polar surface area (TPSA) is 61.3 Å². The van der Waals surface area contributed by atoms with Gasteiger partial charge in [0.15, 0.2) is 0 Å². The summed E-state index contributed by atoms with van der Waals surface area (Å²) in [6, 6.07) is 30.6.